The van der Waals surface area contributed by atoms with Crippen LogP contribution in [-0.2, 0) is 11.4 Å². The average Bonchev–Trinajstić information content (AvgIpc) is 3.08. The number of aryl methyl sites for hydroxylation is 1. The summed E-state index contributed by atoms with van der Waals surface area (Å²) in [5, 5.41) is 1.22. The molecule has 2 aromatic carbocycles. The van der Waals surface area contributed by atoms with E-state index in [1.54, 1.807) is 11.0 Å². The molecule has 0 unspecified atom stereocenters. The Morgan fingerprint density at radius 3 is 2.70 bits per heavy atom. The van der Waals surface area contributed by atoms with Gasteiger partial charge in [0.25, 0.3) is 5.91 Å². The Labute approximate surface area is 202 Å². The number of pyridine rings is 1. The summed E-state index contributed by atoms with van der Waals surface area (Å²) in [5.74, 6) is 1.09. The summed E-state index contributed by atoms with van der Waals surface area (Å²) in [6, 6.07) is 20.8. The van der Waals surface area contributed by atoms with Crippen LogP contribution in [0.15, 0.2) is 89.3 Å². The number of aliphatic imine (C=N–C) groups is 1. The van der Waals surface area contributed by atoms with Crippen LogP contribution in [0.1, 0.15) is 16.8 Å². The highest BCUT2D eigenvalue weighted by Gasteiger charge is 2.33. The van der Waals surface area contributed by atoms with Crippen molar-refractivity contribution < 1.29 is 9.53 Å². The summed E-state index contributed by atoms with van der Waals surface area (Å²) in [6.07, 6.45) is 3.51. The van der Waals surface area contributed by atoms with Gasteiger partial charge >= 0.3 is 0 Å². The molecule has 1 aliphatic heterocycles. The first-order valence-corrected chi connectivity index (χ1v) is 11.5. The van der Waals surface area contributed by atoms with Crippen LogP contribution in [0.2, 0.25) is 5.02 Å². The van der Waals surface area contributed by atoms with Gasteiger partial charge in [0.05, 0.1) is 4.91 Å². The molecule has 0 spiro atoms. The van der Waals surface area contributed by atoms with E-state index in [0.29, 0.717) is 39.8 Å². The zero-order chi connectivity index (χ0) is 23.2. The zero-order valence-corrected chi connectivity index (χ0v) is 19.6. The molecule has 2 heterocycles. The number of nitrogens with zero attached hydrogens (tertiary/aromatic N) is 3. The Kier molecular flexibility index (Phi) is 7.27. The predicted octanol–water partition coefficient (Wildman–Crippen LogP) is 6.41. The van der Waals surface area contributed by atoms with Crippen LogP contribution >= 0.6 is 23.4 Å². The molecular weight excluding hydrogens is 454 g/mol. The van der Waals surface area contributed by atoms with Gasteiger partial charge in [0, 0.05) is 28.4 Å². The number of hydrogen-bond acceptors (Lipinski definition) is 5. The van der Waals surface area contributed by atoms with Crippen LogP contribution < -0.4 is 4.74 Å². The van der Waals surface area contributed by atoms with Crippen molar-refractivity contribution in [3.63, 3.8) is 0 Å². The van der Waals surface area contributed by atoms with Gasteiger partial charge in [-0.1, -0.05) is 60.1 Å². The lowest BCUT2D eigenvalue weighted by atomic mass is 10.1. The molecule has 0 bridgehead atoms. The largest absolute Gasteiger partial charge is 0.488 e. The minimum absolute atomic E-state index is 0.132. The van der Waals surface area contributed by atoms with Crippen molar-refractivity contribution in [1.82, 2.24) is 9.88 Å². The molecule has 0 aliphatic carbocycles. The van der Waals surface area contributed by atoms with Crippen molar-refractivity contribution in [3.05, 3.63) is 106 Å². The Hall–Kier alpha value is -3.35. The molecule has 1 aliphatic rings. The van der Waals surface area contributed by atoms with E-state index >= 15 is 0 Å². The van der Waals surface area contributed by atoms with E-state index in [-0.39, 0.29) is 5.91 Å². The normalized spacial score (nSPS) is 15.9. The van der Waals surface area contributed by atoms with Crippen molar-refractivity contribution in [2.45, 2.75) is 13.5 Å². The first-order valence-electron chi connectivity index (χ1n) is 10.3. The number of ether oxygens (including phenoxy) is 1. The second-order valence-electron chi connectivity index (χ2n) is 7.26. The quantitative estimate of drug-likeness (QED) is 0.292. The molecule has 0 N–H and O–H groups in total. The van der Waals surface area contributed by atoms with Crippen LogP contribution in [0.3, 0.4) is 0 Å². The average molecular weight is 476 g/mol. The van der Waals surface area contributed by atoms with Crippen LogP contribution in [-0.4, -0.2) is 27.5 Å². The number of carbonyl (C=O) groups is 1. The lowest BCUT2D eigenvalue weighted by Gasteiger charge is -2.12. The van der Waals surface area contributed by atoms with Crippen LogP contribution in [0.4, 0.5) is 5.82 Å². The maximum Gasteiger partial charge on any atom is 0.267 e. The van der Waals surface area contributed by atoms with Gasteiger partial charge in [-0.25, -0.2) is 9.98 Å². The molecular formula is C26H22ClN3O2S. The third kappa shape index (κ3) is 5.53. The maximum absolute atomic E-state index is 13.1. The van der Waals surface area contributed by atoms with E-state index in [2.05, 4.69) is 16.6 Å². The summed E-state index contributed by atoms with van der Waals surface area (Å²) < 4.78 is 6.04. The number of benzene rings is 2. The molecule has 0 atom stereocenters. The van der Waals surface area contributed by atoms with Crippen LogP contribution in [0, 0.1) is 6.92 Å². The summed E-state index contributed by atoms with van der Waals surface area (Å²) in [5.41, 5.74) is 2.56. The lowest BCUT2D eigenvalue weighted by Crippen LogP contribution is -2.29. The number of aromatic nitrogens is 1. The third-order valence-electron chi connectivity index (χ3n) is 4.83. The molecule has 1 fully saturated rings. The Morgan fingerprint density at radius 2 is 1.91 bits per heavy atom. The van der Waals surface area contributed by atoms with Gasteiger partial charge in [-0.05, 0) is 49.0 Å². The summed E-state index contributed by atoms with van der Waals surface area (Å²) in [6.45, 7) is 6.37. The summed E-state index contributed by atoms with van der Waals surface area (Å²) in [7, 11) is 0. The minimum atomic E-state index is -0.132. The second-order valence-corrected chi connectivity index (χ2v) is 8.68. The molecule has 4 rings (SSSR count). The zero-order valence-electron chi connectivity index (χ0n) is 18.1. The van der Waals surface area contributed by atoms with E-state index < -0.39 is 0 Å². The highest BCUT2D eigenvalue weighted by molar-refractivity contribution is 8.18. The fraction of sp³-hybridized carbons (Fsp3) is 0.115. The molecule has 0 radical (unpaired) electrons. The highest BCUT2D eigenvalue weighted by atomic mass is 35.5. The van der Waals surface area contributed by atoms with Crippen molar-refractivity contribution in [2.24, 2.45) is 4.99 Å². The smallest absolute Gasteiger partial charge is 0.267 e. The van der Waals surface area contributed by atoms with Gasteiger partial charge in [-0.3, -0.25) is 9.69 Å². The van der Waals surface area contributed by atoms with Crippen molar-refractivity contribution in [2.75, 3.05) is 6.54 Å². The molecule has 0 saturated carbocycles. The number of halogens is 1. The maximum atomic E-state index is 13.1. The van der Waals surface area contributed by atoms with Crippen molar-refractivity contribution in [3.8, 4) is 5.75 Å². The highest BCUT2D eigenvalue weighted by Crippen LogP contribution is 2.35. The first-order chi connectivity index (χ1) is 16.0. The third-order valence-corrected chi connectivity index (χ3v) is 6.21. The summed E-state index contributed by atoms with van der Waals surface area (Å²) >= 11 is 7.56. The van der Waals surface area contributed by atoms with Gasteiger partial charge < -0.3 is 4.74 Å². The van der Waals surface area contributed by atoms with Crippen molar-refractivity contribution in [1.29, 1.82) is 0 Å². The van der Waals surface area contributed by atoms with Gasteiger partial charge in [0.2, 0.25) is 0 Å². The van der Waals surface area contributed by atoms with E-state index in [1.165, 1.54) is 11.8 Å². The van der Waals surface area contributed by atoms with E-state index in [9.17, 15) is 4.79 Å². The predicted molar refractivity (Wildman–Crippen MR) is 136 cm³/mol. The topological polar surface area (TPSA) is 54.8 Å². The SMILES string of the molecule is C=CCN1C(=O)/C(=C/c2ccccc2OCc2ccccc2Cl)S/C1=N/c1cccc(C)n1. The fourth-order valence-corrected chi connectivity index (χ4v) is 4.39. The molecule has 5 nitrogen and oxygen atoms in total. The van der Waals surface area contributed by atoms with Crippen LogP contribution in [0.25, 0.3) is 6.08 Å². The molecule has 1 aromatic heterocycles. The second kappa shape index (κ2) is 10.5. The van der Waals surface area contributed by atoms with Crippen LogP contribution in [0.5, 0.6) is 5.75 Å². The van der Waals surface area contributed by atoms with E-state index in [1.807, 2.05) is 79.7 Å². The molecule has 7 heteroatoms. The molecule has 1 saturated heterocycles. The summed E-state index contributed by atoms with van der Waals surface area (Å²) in [4.78, 5) is 24.3. The minimum Gasteiger partial charge on any atom is -0.488 e. The number of carbonyl (C=O) groups excluding carboxylic acids is 1. The molecule has 166 valence electrons. The Balaban J connectivity index is 1.61. The van der Waals surface area contributed by atoms with Gasteiger partial charge in [-0.15, -0.1) is 6.58 Å². The lowest BCUT2D eigenvalue weighted by molar-refractivity contribution is -0.121. The number of rotatable bonds is 7. The monoisotopic (exact) mass is 475 g/mol. The number of thioether (sulfide) groups is 1. The van der Waals surface area contributed by atoms with E-state index in [4.69, 9.17) is 16.3 Å². The number of para-hydroxylation sites is 1. The first kappa shape index (κ1) is 22.8. The number of hydrogen-bond donors (Lipinski definition) is 0. The van der Waals surface area contributed by atoms with E-state index in [0.717, 1.165) is 16.8 Å². The molecule has 1 amide bonds. The molecule has 3 aromatic rings. The van der Waals surface area contributed by atoms with Gasteiger partial charge in [-0.2, -0.15) is 0 Å². The Bertz CT molecular complexity index is 1260. The Morgan fingerprint density at radius 1 is 1.12 bits per heavy atom. The molecule has 33 heavy (non-hydrogen) atoms. The van der Waals surface area contributed by atoms with Gasteiger partial charge in [0.1, 0.15) is 12.4 Å². The van der Waals surface area contributed by atoms with Gasteiger partial charge in [0.15, 0.2) is 11.0 Å². The standard InChI is InChI=1S/C26H22ClN3O2S/c1-3-15-30-25(31)23(33-26(30)29-24-14-8-9-18(2)28-24)16-19-10-5-7-13-22(19)32-17-20-11-4-6-12-21(20)27/h3-14,16H,1,15,17H2,2H3/b23-16-,29-26+. The number of amidine groups is 1. The van der Waals surface area contributed by atoms with Crippen molar-refractivity contribution >= 4 is 46.3 Å². The number of amides is 1. The fourth-order valence-electron chi connectivity index (χ4n) is 3.21.